The molecule has 8 aromatic carbocycles. The molecule has 0 unspecified atom stereocenters. The predicted molar refractivity (Wildman–Crippen MR) is 267 cm³/mol. The summed E-state index contributed by atoms with van der Waals surface area (Å²) in [5, 5.41) is 4.42. The zero-order chi connectivity index (χ0) is 43.2. The Balaban J connectivity index is 1.05. The highest BCUT2D eigenvalue weighted by Crippen LogP contribution is 2.50. The van der Waals surface area contributed by atoms with E-state index in [1.165, 1.54) is 44.5 Å². The molecule has 0 amide bonds. The number of para-hydroxylation sites is 2. The molecule has 13 rings (SSSR count). The van der Waals surface area contributed by atoms with E-state index in [1.807, 2.05) is 36.4 Å². The second kappa shape index (κ2) is 14.4. The zero-order valence-corrected chi connectivity index (χ0v) is 36.1. The van der Waals surface area contributed by atoms with Crippen molar-refractivity contribution in [2.45, 2.75) is 32.1 Å². The van der Waals surface area contributed by atoms with E-state index in [4.69, 9.17) is 19.4 Å². The number of fused-ring (bicyclic) bond motifs is 9. The van der Waals surface area contributed by atoms with Crippen molar-refractivity contribution in [2.24, 2.45) is 0 Å². The summed E-state index contributed by atoms with van der Waals surface area (Å²) >= 11 is 0. The minimum absolute atomic E-state index is 0.0952. The van der Waals surface area contributed by atoms with Crippen molar-refractivity contribution < 1.29 is 4.42 Å². The molecule has 3 heterocycles. The van der Waals surface area contributed by atoms with Gasteiger partial charge in [-0.3, -0.25) is 4.57 Å². The minimum atomic E-state index is -0.0952. The van der Waals surface area contributed by atoms with Crippen LogP contribution in [0.25, 0.3) is 111 Å². The van der Waals surface area contributed by atoms with Crippen LogP contribution in [0.5, 0.6) is 0 Å². The van der Waals surface area contributed by atoms with Crippen molar-refractivity contribution in [2.75, 3.05) is 0 Å². The fourth-order valence-electron chi connectivity index (χ4n) is 10.4. The van der Waals surface area contributed by atoms with E-state index < -0.39 is 0 Å². The molecule has 0 saturated heterocycles. The zero-order valence-electron chi connectivity index (χ0n) is 36.1. The van der Waals surface area contributed by atoms with E-state index in [0.29, 0.717) is 17.6 Å². The molecule has 65 heavy (non-hydrogen) atoms. The topological polar surface area (TPSA) is 56.7 Å². The van der Waals surface area contributed by atoms with Crippen molar-refractivity contribution >= 4 is 49.3 Å². The fourth-order valence-corrected chi connectivity index (χ4v) is 10.4. The molecule has 308 valence electrons. The Morgan fingerprint density at radius 2 is 1.17 bits per heavy atom. The van der Waals surface area contributed by atoms with Crippen molar-refractivity contribution in [3.05, 3.63) is 211 Å². The summed E-state index contributed by atoms with van der Waals surface area (Å²) in [5.74, 6) is 1.72. The van der Waals surface area contributed by atoms with Crippen LogP contribution in [0, 0.1) is 0 Å². The number of allylic oxidation sites excluding steroid dienone is 4. The van der Waals surface area contributed by atoms with Gasteiger partial charge in [0.15, 0.2) is 11.6 Å². The van der Waals surface area contributed by atoms with Crippen LogP contribution in [0.2, 0.25) is 0 Å². The van der Waals surface area contributed by atoms with Gasteiger partial charge in [0.2, 0.25) is 5.95 Å². The number of aromatic nitrogens is 4. The summed E-state index contributed by atoms with van der Waals surface area (Å²) in [7, 11) is 0. The third-order valence-electron chi connectivity index (χ3n) is 13.7. The molecule has 3 aromatic heterocycles. The van der Waals surface area contributed by atoms with Crippen molar-refractivity contribution in [3.63, 3.8) is 0 Å². The van der Waals surface area contributed by atoms with Crippen LogP contribution in [-0.2, 0) is 5.41 Å². The number of hydrogen-bond donors (Lipinski definition) is 0. The normalized spacial score (nSPS) is 14.0. The van der Waals surface area contributed by atoms with E-state index in [9.17, 15) is 0 Å². The van der Waals surface area contributed by atoms with Gasteiger partial charge in [0.1, 0.15) is 11.2 Å². The number of benzene rings is 8. The number of rotatable bonds is 6. The third-order valence-corrected chi connectivity index (χ3v) is 13.7. The largest absolute Gasteiger partial charge is 0.456 e. The Hall–Kier alpha value is -8.15. The second-order valence-corrected chi connectivity index (χ2v) is 17.9. The molecule has 11 aromatic rings. The average molecular weight is 835 g/mol. The van der Waals surface area contributed by atoms with Crippen molar-refractivity contribution in [1.82, 2.24) is 19.5 Å². The van der Waals surface area contributed by atoms with Gasteiger partial charge in [-0.25, -0.2) is 4.98 Å². The van der Waals surface area contributed by atoms with Crippen molar-refractivity contribution in [1.29, 1.82) is 0 Å². The molecule has 0 radical (unpaired) electrons. The Morgan fingerprint density at radius 1 is 0.462 bits per heavy atom. The monoisotopic (exact) mass is 834 g/mol. The van der Waals surface area contributed by atoms with Crippen LogP contribution in [-0.4, -0.2) is 19.5 Å². The van der Waals surface area contributed by atoms with Crippen LogP contribution < -0.4 is 0 Å². The molecule has 0 bridgehead atoms. The lowest BCUT2D eigenvalue weighted by atomic mass is 9.81. The smallest absolute Gasteiger partial charge is 0.238 e. The standard InChI is InChI=1S/C60H42N4O/c1-60(2)51-25-12-9-22-44(51)45-30-28-40(35-52(45)60)39-20-15-21-41(32-39)49-33-43(37-16-5-3-6-17-37)34-50-46-23-10-13-26-53(46)64(56(49)50)59-62-57(38-18-7-4-8-19-38)61-58(63-59)42-29-31-48-47-24-11-14-27-54(47)65-55(48)36-42/h4-5,7-36H,3,6H2,1-2H3. The molecule has 0 fully saturated rings. The maximum absolute atomic E-state index is 6.38. The maximum Gasteiger partial charge on any atom is 0.238 e. The van der Waals surface area contributed by atoms with Gasteiger partial charge < -0.3 is 4.42 Å². The highest BCUT2D eigenvalue weighted by molar-refractivity contribution is 6.15. The number of nitrogens with zero attached hydrogens (tertiary/aromatic N) is 4. The quantitative estimate of drug-likeness (QED) is 0.167. The van der Waals surface area contributed by atoms with E-state index in [0.717, 1.165) is 78.8 Å². The van der Waals surface area contributed by atoms with Gasteiger partial charge in [0.25, 0.3) is 0 Å². The molecule has 5 heteroatoms. The lowest BCUT2D eigenvalue weighted by molar-refractivity contribution is 0.660. The molecule has 0 aliphatic heterocycles. The lowest BCUT2D eigenvalue weighted by Crippen LogP contribution is -2.14. The van der Waals surface area contributed by atoms with Gasteiger partial charge in [-0.05, 0) is 111 Å². The Labute approximate surface area is 376 Å². The SMILES string of the molecule is CC1(C)c2ccccc2-c2ccc(-c3cccc(-c4cc(C5=CCCC=C5)cc5c6ccccc6n(-c6nc(-c7ccccc7)nc(-c7ccc8c(c7)oc7ccccc78)n6)c45)c3)cc21. The van der Waals surface area contributed by atoms with Gasteiger partial charge >= 0.3 is 0 Å². The maximum atomic E-state index is 6.38. The van der Waals surface area contributed by atoms with Crippen molar-refractivity contribution in [3.8, 4) is 62.1 Å². The lowest BCUT2D eigenvalue weighted by Gasteiger charge is -2.22. The van der Waals surface area contributed by atoms with Gasteiger partial charge in [-0.1, -0.05) is 159 Å². The second-order valence-electron chi connectivity index (χ2n) is 17.9. The highest BCUT2D eigenvalue weighted by atomic mass is 16.3. The molecular formula is C60H42N4O. The molecule has 2 aliphatic rings. The van der Waals surface area contributed by atoms with Crippen LogP contribution in [0.1, 0.15) is 43.4 Å². The van der Waals surface area contributed by atoms with E-state index in [-0.39, 0.29) is 5.41 Å². The summed E-state index contributed by atoms with van der Waals surface area (Å²) in [6.07, 6.45) is 9.00. The molecular weight excluding hydrogens is 793 g/mol. The minimum Gasteiger partial charge on any atom is -0.456 e. The fraction of sp³-hybridized carbons (Fsp3) is 0.0833. The summed E-state index contributed by atoms with van der Waals surface area (Å²) in [6, 6.07) is 62.9. The van der Waals surface area contributed by atoms with Gasteiger partial charge in [-0.2, -0.15) is 9.97 Å². The van der Waals surface area contributed by atoms with Crippen LogP contribution >= 0.6 is 0 Å². The molecule has 0 spiro atoms. The van der Waals surface area contributed by atoms with Crippen LogP contribution in [0.4, 0.5) is 0 Å². The average Bonchev–Trinajstić information content (AvgIpc) is 3.99. The van der Waals surface area contributed by atoms with Crippen LogP contribution in [0.15, 0.2) is 199 Å². The Kier molecular flexibility index (Phi) is 8.31. The molecule has 0 atom stereocenters. The molecule has 0 N–H and O–H groups in total. The Morgan fingerprint density at radius 3 is 2.05 bits per heavy atom. The molecule has 2 aliphatic carbocycles. The van der Waals surface area contributed by atoms with Crippen LogP contribution in [0.3, 0.4) is 0 Å². The Bertz CT molecular complexity index is 3810. The van der Waals surface area contributed by atoms with E-state index in [2.05, 4.69) is 176 Å². The predicted octanol–water partition coefficient (Wildman–Crippen LogP) is 15.6. The summed E-state index contributed by atoms with van der Waals surface area (Å²) < 4.78 is 8.63. The van der Waals surface area contributed by atoms with Gasteiger partial charge in [-0.15, -0.1) is 0 Å². The first-order chi connectivity index (χ1) is 32.0. The van der Waals surface area contributed by atoms with E-state index in [1.54, 1.807) is 0 Å². The van der Waals surface area contributed by atoms with Gasteiger partial charge in [0.05, 0.1) is 11.0 Å². The van der Waals surface area contributed by atoms with Gasteiger partial charge in [0, 0.05) is 43.7 Å². The van der Waals surface area contributed by atoms with E-state index >= 15 is 0 Å². The highest BCUT2D eigenvalue weighted by Gasteiger charge is 2.35. The first kappa shape index (κ1) is 37.4. The summed E-state index contributed by atoms with van der Waals surface area (Å²) in [5.41, 5.74) is 17.8. The number of hydrogen-bond acceptors (Lipinski definition) is 4. The summed E-state index contributed by atoms with van der Waals surface area (Å²) in [6.45, 7) is 4.70. The first-order valence-electron chi connectivity index (χ1n) is 22.5. The third kappa shape index (κ3) is 5.96. The number of furan rings is 1. The molecule has 0 saturated carbocycles. The first-order valence-corrected chi connectivity index (χ1v) is 22.5. The summed E-state index contributed by atoms with van der Waals surface area (Å²) in [4.78, 5) is 15.9. The molecule has 5 nitrogen and oxygen atoms in total.